The van der Waals surface area contributed by atoms with Gasteiger partial charge < -0.3 is 5.32 Å². The first-order chi connectivity index (χ1) is 15.3. The molecule has 0 bridgehead atoms. The number of amidine groups is 1. The summed E-state index contributed by atoms with van der Waals surface area (Å²) in [6.45, 7) is 4.57. The SMILES string of the molecule is Cc1ccc(-c2nc(C)sc2CC(=O)Nc2cccc(S(=O)(=O)NC3=NCCC3)c2)cc1. The van der Waals surface area contributed by atoms with Gasteiger partial charge in [0.25, 0.3) is 10.0 Å². The maximum absolute atomic E-state index is 12.8. The van der Waals surface area contributed by atoms with Crippen LogP contribution < -0.4 is 10.0 Å². The first-order valence-corrected chi connectivity index (χ1v) is 12.6. The highest BCUT2D eigenvalue weighted by Crippen LogP contribution is 2.29. The van der Waals surface area contributed by atoms with E-state index in [2.05, 4.69) is 20.0 Å². The average molecular weight is 469 g/mol. The molecule has 0 saturated carbocycles. The summed E-state index contributed by atoms with van der Waals surface area (Å²) in [7, 11) is -3.74. The minimum atomic E-state index is -3.74. The molecule has 2 heterocycles. The molecule has 32 heavy (non-hydrogen) atoms. The summed E-state index contributed by atoms with van der Waals surface area (Å²) in [4.78, 5) is 22.5. The van der Waals surface area contributed by atoms with Gasteiger partial charge in [0.05, 0.1) is 22.0 Å². The van der Waals surface area contributed by atoms with Gasteiger partial charge in [0, 0.05) is 29.1 Å². The van der Waals surface area contributed by atoms with Crippen molar-refractivity contribution in [1.29, 1.82) is 0 Å². The maximum atomic E-state index is 12.8. The van der Waals surface area contributed by atoms with Crippen LogP contribution >= 0.6 is 11.3 Å². The molecular formula is C23H24N4O3S2. The fourth-order valence-electron chi connectivity index (χ4n) is 3.45. The van der Waals surface area contributed by atoms with Crippen molar-refractivity contribution in [2.24, 2.45) is 4.99 Å². The summed E-state index contributed by atoms with van der Waals surface area (Å²) in [5.41, 5.74) is 3.35. The second-order valence-electron chi connectivity index (χ2n) is 7.66. The Labute approximate surface area is 191 Å². The summed E-state index contributed by atoms with van der Waals surface area (Å²) in [6, 6.07) is 14.3. The normalized spacial score (nSPS) is 13.6. The van der Waals surface area contributed by atoms with Gasteiger partial charge in [-0.15, -0.1) is 11.3 Å². The van der Waals surface area contributed by atoms with Gasteiger partial charge in [-0.1, -0.05) is 35.9 Å². The van der Waals surface area contributed by atoms with Gasteiger partial charge in [-0.2, -0.15) is 0 Å². The molecule has 0 aliphatic carbocycles. The Morgan fingerprint density at radius 3 is 2.62 bits per heavy atom. The molecule has 1 aliphatic heterocycles. The molecule has 1 aromatic heterocycles. The lowest BCUT2D eigenvalue weighted by atomic mass is 10.1. The fraction of sp³-hybridized carbons (Fsp3) is 0.261. The van der Waals surface area contributed by atoms with Gasteiger partial charge >= 0.3 is 0 Å². The smallest absolute Gasteiger partial charge is 0.262 e. The second kappa shape index (κ2) is 9.22. The monoisotopic (exact) mass is 468 g/mol. The van der Waals surface area contributed by atoms with E-state index in [4.69, 9.17) is 0 Å². The summed E-state index contributed by atoms with van der Waals surface area (Å²) in [6.07, 6.45) is 1.61. The number of aromatic nitrogens is 1. The van der Waals surface area contributed by atoms with E-state index in [1.54, 1.807) is 12.1 Å². The maximum Gasteiger partial charge on any atom is 0.262 e. The zero-order valence-electron chi connectivity index (χ0n) is 17.9. The number of hydrogen-bond donors (Lipinski definition) is 2. The van der Waals surface area contributed by atoms with Crippen LogP contribution in [0.5, 0.6) is 0 Å². The Kier molecular flexibility index (Phi) is 6.38. The van der Waals surface area contributed by atoms with E-state index in [1.165, 1.54) is 23.5 Å². The number of amides is 1. The Hall–Kier alpha value is -3.04. The highest BCUT2D eigenvalue weighted by Gasteiger charge is 2.19. The van der Waals surface area contributed by atoms with Crippen molar-refractivity contribution in [3.63, 3.8) is 0 Å². The van der Waals surface area contributed by atoms with E-state index in [-0.39, 0.29) is 17.2 Å². The molecule has 166 valence electrons. The molecule has 2 N–H and O–H groups in total. The predicted molar refractivity (Wildman–Crippen MR) is 128 cm³/mol. The summed E-state index contributed by atoms with van der Waals surface area (Å²) in [5, 5.41) is 3.70. The standard InChI is InChI=1S/C23H24N4O3S2/c1-15-8-10-17(11-9-15)23-20(31-16(2)25-23)14-22(28)26-18-5-3-6-19(13-18)32(29,30)27-21-7-4-12-24-21/h3,5-6,8-11,13H,4,7,12,14H2,1-2H3,(H,24,27)(H,26,28). The fourth-order valence-corrected chi connectivity index (χ4v) is 5.55. The number of aliphatic imine (C=N–C) groups is 1. The molecular weight excluding hydrogens is 444 g/mol. The largest absolute Gasteiger partial charge is 0.326 e. The van der Waals surface area contributed by atoms with Crippen LogP contribution in [0.15, 0.2) is 58.4 Å². The van der Waals surface area contributed by atoms with Gasteiger partial charge in [-0.25, -0.2) is 13.4 Å². The van der Waals surface area contributed by atoms with Crippen molar-refractivity contribution in [2.75, 3.05) is 11.9 Å². The molecule has 0 saturated heterocycles. The summed E-state index contributed by atoms with van der Waals surface area (Å²) in [5.74, 6) is 0.244. The van der Waals surface area contributed by atoms with Crippen LogP contribution in [-0.2, 0) is 21.2 Å². The van der Waals surface area contributed by atoms with E-state index in [9.17, 15) is 13.2 Å². The average Bonchev–Trinajstić information content (AvgIpc) is 3.38. The quantitative estimate of drug-likeness (QED) is 0.569. The van der Waals surface area contributed by atoms with Gasteiger partial charge in [0.15, 0.2) is 0 Å². The molecule has 0 radical (unpaired) electrons. The van der Waals surface area contributed by atoms with Crippen molar-refractivity contribution in [3.8, 4) is 11.3 Å². The van der Waals surface area contributed by atoms with Gasteiger partial charge in [-0.3, -0.25) is 14.5 Å². The van der Waals surface area contributed by atoms with E-state index in [1.807, 2.05) is 38.1 Å². The van der Waals surface area contributed by atoms with Crippen LogP contribution in [0.2, 0.25) is 0 Å². The number of anilines is 1. The Bertz CT molecular complexity index is 1280. The number of carbonyl (C=O) groups excluding carboxylic acids is 1. The number of hydrogen-bond acceptors (Lipinski definition) is 6. The number of thiazole rings is 1. The lowest BCUT2D eigenvalue weighted by Crippen LogP contribution is -2.29. The second-order valence-corrected chi connectivity index (χ2v) is 10.6. The topological polar surface area (TPSA) is 101 Å². The number of sulfonamides is 1. The molecule has 9 heteroatoms. The summed E-state index contributed by atoms with van der Waals surface area (Å²) >= 11 is 1.49. The molecule has 1 aliphatic rings. The lowest BCUT2D eigenvalue weighted by Gasteiger charge is -2.10. The van der Waals surface area contributed by atoms with Gasteiger partial charge in [0.1, 0.15) is 5.84 Å². The number of rotatable bonds is 6. The molecule has 0 unspecified atom stereocenters. The third kappa shape index (κ3) is 5.23. The van der Waals surface area contributed by atoms with Crippen molar-refractivity contribution in [3.05, 3.63) is 64.0 Å². The zero-order valence-corrected chi connectivity index (χ0v) is 19.5. The van der Waals surface area contributed by atoms with Crippen LogP contribution in [0.3, 0.4) is 0 Å². The molecule has 3 aromatic rings. The predicted octanol–water partition coefficient (Wildman–Crippen LogP) is 4.08. The first-order valence-electron chi connectivity index (χ1n) is 10.3. The van der Waals surface area contributed by atoms with E-state index >= 15 is 0 Å². The highest BCUT2D eigenvalue weighted by molar-refractivity contribution is 7.90. The summed E-state index contributed by atoms with van der Waals surface area (Å²) < 4.78 is 27.8. The van der Waals surface area contributed by atoms with E-state index in [0.29, 0.717) is 24.5 Å². The molecule has 0 atom stereocenters. The van der Waals surface area contributed by atoms with Crippen molar-refractivity contribution < 1.29 is 13.2 Å². The van der Waals surface area contributed by atoms with Gasteiger partial charge in [0.2, 0.25) is 5.91 Å². The zero-order chi connectivity index (χ0) is 22.7. The highest BCUT2D eigenvalue weighted by atomic mass is 32.2. The van der Waals surface area contributed by atoms with Gasteiger partial charge in [-0.05, 0) is 38.5 Å². The van der Waals surface area contributed by atoms with Crippen molar-refractivity contribution in [2.45, 2.75) is 38.0 Å². The van der Waals surface area contributed by atoms with Crippen LogP contribution in [0.25, 0.3) is 11.3 Å². The number of carbonyl (C=O) groups is 1. The molecule has 7 nitrogen and oxygen atoms in total. The third-order valence-corrected chi connectivity index (χ3v) is 7.35. The minimum Gasteiger partial charge on any atom is -0.326 e. The first kappa shape index (κ1) is 22.2. The molecule has 0 fully saturated rings. The van der Waals surface area contributed by atoms with E-state index in [0.717, 1.165) is 33.1 Å². The molecule has 2 aromatic carbocycles. The van der Waals surface area contributed by atoms with Crippen LogP contribution in [-0.4, -0.2) is 31.7 Å². The molecule has 0 spiro atoms. The van der Waals surface area contributed by atoms with Crippen molar-refractivity contribution in [1.82, 2.24) is 9.71 Å². The Balaban J connectivity index is 1.48. The number of benzene rings is 2. The number of aryl methyl sites for hydroxylation is 2. The Morgan fingerprint density at radius 1 is 1.12 bits per heavy atom. The van der Waals surface area contributed by atoms with Crippen LogP contribution in [0.4, 0.5) is 5.69 Å². The molecule has 4 rings (SSSR count). The van der Waals surface area contributed by atoms with Crippen LogP contribution in [0, 0.1) is 13.8 Å². The number of nitrogens with zero attached hydrogens (tertiary/aromatic N) is 2. The molecule has 1 amide bonds. The number of nitrogens with one attached hydrogen (secondary N) is 2. The minimum absolute atomic E-state index is 0.0823. The van der Waals surface area contributed by atoms with E-state index < -0.39 is 10.0 Å². The lowest BCUT2D eigenvalue weighted by molar-refractivity contribution is -0.115. The van der Waals surface area contributed by atoms with Crippen molar-refractivity contribution >= 4 is 38.8 Å². The van der Waals surface area contributed by atoms with Crippen LogP contribution in [0.1, 0.15) is 28.3 Å². The Morgan fingerprint density at radius 2 is 1.91 bits per heavy atom. The third-order valence-electron chi connectivity index (χ3n) is 5.01.